The zero-order valence-electron chi connectivity index (χ0n) is 13.0. The quantitative estimate of drug-likeness (QED) is 0.933. The van der Waals surface area contributed by atoms with Crippen molar-refractivity contribution < 1.29 is 9.53 Å². The van der Waals surface area contributed by atoms with Crippen molar-refractivity contribution in [1.29, 1.82) is 0 Å². The van der Waals surface area contributed by atoms with Crippen LogP contribution in [0.25, 0.3) is 0 Å². The van der Waals surface area contributed by atoms with Crippen molar-refractivity contribution in [2.24, 2.45) is 5.41 Å². The fourth-order valence-corrected chi connectivity index (χ4v) is 4.16. The smallest absolute Gasteiger partial charge is 0.241 e. The summed E-state index contributed by atoms with van der Waals surface area (Å²) in [6.45, 7) is 8.78. The second-order valence-electron chi connectivity index (χ2n) is 6.63. The van der Waals surface area contributed by atoms with E-state index in [1.807, 2.05) is 11.8 Å². The first-order valence-corrected chi connectivity index (χ1v) is 8.51. The number of nitrogens with zero attached hydrogens (tertiary/aromatic N) is 1. The van der Waals surface area contributed by atoms with Crippen LogP contribution < -0.4 is 5.32 Å². The van der Waals surface area contributed by atoms with E-state index in [4.69, 9.17) is 4.74 Å². The Hall–Kier alpha value is -0.910. The van der Waals surface area contributed by atoms with E-state index in [2.05, 4.69) is 31.3 Å². The molecule has 1 N–H and O–H groups in total. The summed E-state index contributed by atoms with van der Waals surface area (Å²) in [5, 5.41) is 3.45. The number of nitrogens with one attached hydrogen (secondary N) is 1. The van der Waals surface area contributed by atoms with Crippen LogP contribution >= 0.6 is 11.3 Å². The predicted octanol–water partition coefficient (Wildman–Crippen LogP) is 2.69. The minimum absolute atomic E-state index is 0.0332. The van der Waals surface area contributed by atoms with Gasteiger partial charge in [0, 0.05) is 29.5 Å². The Bertz CT molecular complexity index is 522. The van der Waals surface area contributed by atoms with Crippen LogP contribution in [0.4, 0.5) is 0 Å². The maximum absolute atomic E-state index is 12.5. The largest absolute Gasteiger partial charge is 0.381 e. The van der Waals surface area contributed by atoms with Gasteiger partial charge in [0.15, 0.2) is 0 Å². The second kappa shape index (κ2) is 5.71. The number of aryl methyl sites for hydroxylation is 1. The van der Waals surface area contributed by atoms with E-state index in [0.717, 1.165) is 32.6 Å². The molecule has 0 spiro atoms. The number of thiophene rings is 1. The molecule has 2 aliphatic rings. The van der Waals surface area contributed by atoms with Gasteiger partial charge in [-0.1, -0.05) is 6.92 Å². The highest BCUT2D eigenvalue weighted by Gasteiger charge is 2.41. The standard InChI is InChI=1S/C16H24N2O2S/c1-11-4-5-13(21-11)14-17-12(2)15(19)18(14)10-16(3)6-8-20-9-7-16/h4-5,12,14,17H,6-10H2,1-3H3. The van der Waals surface area contributed by atoms with E-state index in [0.29, 0.717) is 0 Å². The highest BCUT2D eigenvalue weighted by Crippen LogP contribution is 2.37. The fraction of sp³-hybridized carbons (Fsp3) is 0.688. The summed E-state index contributed by atoms with van der Waals surface area (Å²) in [5.74, 6) is 0.221. The summed E-state index contributed by atoms with van der Waals surface area (Å²) >= 11 is 1.77. The maximum atomic E-state index is 12.5. The maximum Gasteiger partial charge on any atom is 0.241 e. The summed E-state index contributed by atoms with van der Waals surface area (Å²) < 4.78 is 5.48. The Kier molecular flexibility index (Phi) is 4.08. The van der Waals surface area contributed by atoms with Gasteiger partial charge in [0.05, 0.1) is 6.04 Å². The SMILES string of the molecule is Cc1ccc(C2NC(C)C(=O)N2CC2(C)CCOCC2)s1. The number of carbonyl (C=O) groups is 1. The molecule has 21 heavy (non-hydrogen) atoms. The van der Waals surface area contributed by atoms with Gasteiger partial charge in [-0.25, -0.2) is 0 Å². The molecular formula is C16H24N2O2S. The molecule has 0 aliphatic carbocycles. The third-order valence-corrected chi connectivity index (χ3v) is 5.71. The molecule has 3 rings (SSSR count). The van der Waals surface area contributed by atoms with Gasteiger partial charge >= 0.3 is 0 Å². The van der Waals surface area contributed by atoms with Crippen LogP contribution in [-0.2, 0) is 9.53 Å². The molecular weight excluding hydrogens is 284 g/mol. The molecule has 0 bridgehead atoms. The summed E-state index contributed by atoms with van der Waals surface area (Å²) in [7, 11) is 0. The van der Waals surface area contributed by atoms with E-state index in [1.165, 1.54) is 9.75 Å². The zero-order valence-corrected chi connectivity index (χ0v) is 13.8. The highest BCUT2D eigenvalue weighted by atomic mass is 32.1. The van der Waals surface area contributed by atoms with E-state index >= 15 is 0 Å². The average molecular weight is 308 g/mol. The number of rotatable bonds is 3. The van der Waals surface area contributed by atoms with Crippen LogP contribution in [0.2, 0.25) is 0 Å². The molecule has 1 aromatic rings. The Morgan fingerprint density at radius 3 is 2.76 bits per heavy atom. The third kappa shape index (κ3) is 3.00. The molecule has 1 amide bonds. The normalized spacial score (nSPS) is 29.1. The number of carbonyl (C=O) groups excluding carboxylic acids is 1. The minimum atomic E-state index is -0.0964. The zero-order chi connectivity index (χ0) is 15.0. The number of ether oxygens (including phenoxy) is 1. The molecule has 0 radical (unpaired) electrons. The van der Waals surface area contributed by atoms with Gasteiger partial charge in [0.2, 0.25) is 5.91 Å². The minimum Gasteiger partial charge on any atom is -0.381 e. The average Bonchev–Trinajstić information content (AvgIpc) is 2.98. The van der Waals surface area contributed by atoms with Crippen molar-refractivity contribution >= 4 is 17.2 Å². The lowest BCUT2D eigenvalue weighted by Gasteiger charge is -2.38. The number of amides is 1. The van der Waals surface area contributed by atoms with Crippen LogP contribution in [0.15, 0.2) is 12.1 Å². The molecule has 5 heteroatoms. The molecule has 3 heterocycles. The molecule has 0 saturated carbocycles. The number of hydrogen-bond acceptors (Lipinski definition) is 4. The Morgan fingerprint density at radius 1 is 1.43 bits per heavy atom. The summed E-state index contributed by atoms with van der Waals surface area (Å²) in [6.07, 6.45) is 2.09. The molecule has 2 atom stereocenters. The van der Waals surface area contributed by atoms with Gasteiger partial charge in [-0.2, -0.15) is 0 Å². The monoisotopic (exact) mass is 308 g/mol. The summed E-state index contributed by atoms with van der Waals surface area (Å²) in [4.78, 5) is 17.1. The van der Waals surface area contributed by atoms with Crippen molar-refractivity contribution in [1.82, 2.24) is 10.2 Å². The highest BCUT2D eigenvalue weighted by molar-refractivity contribution is 7.12. The molecule has 2 unspecified atom stereocenters. The van der Waals surface area contributed by atoms with E-state index in [1.54, 1.807) is 11.3 Å². The van der Waals surface area contributed by atoms with Crippen LogP contribution in [0.3, 0.4) is 0 Å². The van der Waals surface area contributed by atoms with Crippen molar-refractivity contribution in [2.75, 3.05) is 19.8 Å². The first kappa shape index (κ1) is 15.0. The first-order chi connectivity index (χ1) is 9.98. The van der Waals surface area contributed by atoms with Gasteiger partial charge in [-0.05, 0) is 44.2 Å². The molecule has 2 aliphatic heterocycles. The van der Waals surface area contributed by atoms with Crippen LogP contribution in [0, 0.1) is 12.3 Å². The summed E-state index contributed by atoms with van der Waals surface area (Å²) in [6, 6.07) is 4.17. The Labute approximate surface area is 130 Å². The van der Waals surface area contributed by atoms with E-state index in [-0.39, 0.29) is 23.5 Å². The van der Waals surface area contributed by atoms with Gasteiger partial charge in [0.1, 0.15) is 6.17 Å². The van der Waals surface area contributed by atoms with Crippen molar-refractivity contribution in [3.8, 4) is 0 Å². The van der Waals surface area contributed by atoms with Gasteiger partial charge in [0.25, 0.3) is 0 Å². The van der Waals surface area contributed by atoms with Gasteiger partial charge in [-0.3, -0.25) is 10.1 Å². The first-order valence-electron chi connectivity index (χ1n) is 7.69. The van der Waals surface area contributed by atoms with Crippen molar-refractivity contribution in [3.63, 3.8) is 0 Å². The third-order valence-electron chi connectivity index (χ3n) is 4.66. The Balaban J connectivity index is 1.81. The lowest BCUT2D eigenvalue weighted by molar-refractivity contribution is -0.132. The van der Waals surface area contributed by atoms with Crippen LogP contribution in [0.1, 0.15) is 42.6 Å². The summed E-state index contributed by atoms with van der Waals surface area (Å²) in [5.41, 5.74) is 0.171. The molecule has 4 nitrogen and oxygen atoms in total. The molecule has 0 aromatic carbocycles. The van der Waals surface area contributed by atoms with E-state index < -0.39 is 0 Å². The van der Waals surface area contributed by atoms with Crippen LogP contribution in [0.5, 0.6) is 0 Å². The topological polar surface area (TPSA) is 41.6 Å². The van der Waals surface area contributed by atoms with Crippen molar-refractivity contribution in [3.05, 3.63) is 21.9 Å². The van der Waals surface area contributed by atoms with Crippen LogP contribution in [-0.4, -0.2) is 36.6 Å². The van der Waals surface area contributed by atoms with Crippen molar-refractivity contribution in [2.45, 2.75) is 45.8 Å². The van der Waals surface area contributed by atoms with Gasteiger partial charge in [-0.15, -0.1) is 11.3 Å². The molecule has 2 fully saturated rings. The molecule has 1 aromatic heterocycles. The van der Waals surface area contributed by atoms with E-state index in [9.17, 15) is 4.79 Å². The van der Waals surface area contributed by atoms with Gasteiger partial charge < -0.3 is 9.64 Å². The molecule has 116 valence electrons. The fourth-order valence-electron chi connectivity index (χ4n) is 3.21. The lowest BCUT2D eigenvalue weighted by Crippen LogP contribution is -2.42. The Morgan fingerprint density at radius 2 is 2.14 bits per heavy atom. The second-order valence-corrected chi connectivity index (χ2v) is 7.95. The predicted molar refractivity (Wildman–Crippen MR) is 84.3 cm³/mol. The lowest BCUT2D eigenvalue weighted by atomic mass is 9.82. The molecule has 2 saturated heterocycles. The number of hydrogen-bond donors (Lipinski definition) is 1.